The lowest BCUT2D eigenvalue weighted by Gasteiger charge is -2.20. The summed E-state index contributed by atoms with van der Waals surface area (Å²) in [6.45, 7) is 1.33. The summed E-state index contributed by atoms with van der Waals surface area (Å²) in [5.74, 6) is -1.12. The van der Waals surface area contributed by atoms with E-state index >= 15 is 0 Å². The van der Waals surface area contributed by atoms with Crippen LogP contribution in [0.25, 0.3) is 0 Å². The van der Waals surface area contributed by atoms with E-state index in [1.807, 2.05) is 18.2 Å². The van der Waals surface area contributed by atoms with Crippen molar-refractivity contribution in [2.24, 2.45) is 5.73 Å². The van der Waals surface area contributed by atoms with Gasteiger partial charge in [0.05, 0.1) is 12.6 Å². The molecule has 2 atom stereocenters. The Labute approximate surface area is 169 Å². The van der Waals surface area contributed by atoms with E-state index in [-0.39, 0.29) is 24.6 Å². The highest BCUT2D eigenvalue weighted by Crippen LogP contribution is 2.11. The molecule has 0 fully saturated rings. The van der Waals surface area contributed by atoms with Crippen molar-refractivity contribution in [1.82, 2.24) is 10.6 Å². The van der Waals surface area contributed by atoms with Gasteiger partial charge in [-0.2, -0.15) is 0 Å². The lowest BCUT2D eigenvalue weighted by Crippen LogP contribution is -2.52. The van der Waals surface area contributed by atoms with Crippen LogP contribution in [0.1, 0.15) is 12.5 Å². The molecule has 0 saturated carbocycles. The number of carbonyl (C=O) groups excluding carboxylic acids is 3. The minimum atomic E-state index is -0.847. The van der Waals surface area contributed by atoms with E-state index in [4.69, 9.17) is 5.73 Å². The Kier molecular flexibility index (Phi) is 7.73. The number of rotatable bonds is 8. The maximum absolute atomic E-state index is 12.2. The van der Waals surface area contributed by atoms with Gasteiger partial charge in [0.2, 0.25) is 17.7 Å². The minimum Gasteiger partial charge on any atom is -0.508 e. The molecule has 0 aliphatic carbocycles. The number of nitrogens with one attached hydrogen (secondary N) is 2. The van der Waals surface area contributed by atoms with E-state index in [2.05, 4.69) is 10.6 Å². The Morgan fingerprint density at radius 1 is 1.03 bits per heavy atom. The summed E-state index contributed by atoms with van der Waals surface area (Å²) in [7, 11) is 1.62. The fourth-order valence-electron chi connectivity index (χ4n) is 2.59. The molecule has 0 aliphatic heterocycles. The molecule has 0 saturated heterocycles. The van der Waals surface area contributed by atoms with Crippen LogP contribution in [0.4, 0.5) is 5.69 Å². The van der Waals surface area contributed by atoms with E-state index in [1.165, 1.54) is 24.0 Å². The molecule has 0 radical (unpaired) electrons. The summed E-state index contributed by atoms with van der Waals surface area (Å²) in [5.41, 5.74) is 7.40. The van der Waals surface area contributed by atoms with Gasteiger partial charge in [0, 0.05) is 12.7 Å². The fraction of sp³-hybridized carbons (Fsp3) is 0.286. The van der Waals surface area contributed by atoms with Crippen LogP contribution < -0.4 is 21.3 Å². The zero-order valence-corrected chi connectivity index (χ0v) is 16.5. The first-order chi connectivity index (χ1) is 13.8. The minimum absolute atomic E-state index is 0.129. The van der Waals surface area contributed by atoms with Crippen LogP contribution in [0.15, 0.2) is 54.6 Å². The second kappa shape index (κ2) is 10.2. The van der Waals surface area contributed by atoms with Gasteiger partial charge in [-0.05, 0) is 43.2 Å². The number of benzene rings is 2. The normalized spacial score (nSPS) is 12.5. The van der Waals surface area contributed by atoms with E-state index in [0.717, 1.165) is 5.56 Å². The topological polar surface area (TPSA) is 125 Å². The molecular weight excluding hydrogens is 372 g/mol. The number of amides is 3. The monoisotopic (exact) mass is 398 g/mol. The first kappa shape index (κ1) is 21.9. The number of hydrogen-bond donors (Lipinski definition) is 4. The number of carbonyl (C=O) groups is 3. The van der Waals surface area contributed by atoms with E-state index in [9.17, 15) is 19.5 Å². The van der Waals surface area contributed by atoms with Crippen LogP contribution >= 0.6 is 0 Å². The average Bonchev–Trinajstić information content (AvgIpc) is 2.73. The molecule has 8 nitrogen and oxygen atoms in total. The van der Waals surface area contributed by atoms with E-state index in [1.54, 1.807) is 31.3 Å². The van der Waals surface area contributed by atoms with Gasteiger partial charge in [-0.3, -0.25) is 14.4 Å². The molecule has 0 bridgehead atoms. The van der Waals surface area contributed by atoms with Crippen LogP contribution in [0.3, 0.4) is 0 Å². The largest absolute Gasteiger partial charge is 0.508 e. The number of likely N-dealkylation sites (N-methyl/N-ethyl adjacent to an activating group) is 1. The number of anilines is 1. The standard InChI is InChI=1S/C21H26N4O4/c1-14(24-21(29)18(22)12-15-8-10-17(26)11-9-15)20(28)23-13-19(27)25(2)16-6-4-3-5-7-16/h3-11,14,18,26H,12-13,22H2,1-2H3,(H,23,28)(H,24,29)/t14-,18+/m1/s1. The van der Waals surface area contributed by atoms with Crippen LogP contribution in [-0.4, -0.2) is 48.5 Å². The van der Waals surface area contributed by atoms with Gasteiger partial charge in [-0.1, -0.05) is 30.3 Å². The Morgan fingerprint density at radius 2 is 1.66 bits per heavy atom. The van der Waals surface area contributed by atoms with Crippen molar-refractivity contribution in [2.45, 2.75) is 25.4 Å². The van der Waals surface area contributed by atoms with Crippen molar-refractivity contribution in [3.8, 4) is 5.75 Å². The zero-order valence-electron chi connectivity index (χ0n) is 16.5. The maximum atomic E-state index is 12.2. The van der Waals surface area contributed by atoms with Crippen LogP contribution in [-0.2, 0) is 20.8 Å². The number of para-hydroxylation sites is 1. The second-order valence-corrected chi connectivity index (χ2v) is 6.71. The molecule has 29 heavy (non-hydrogen) atoms. The van der Waals surface area contributed by atoms with E-state index < -0.39 is 23.9 Å². The van der Waals surface area contributed by atoms with Crippen molar-refractivity contribution < 1.29 is 19.5 Å². The number of phenolic OH excluding ortho intramolecular Hbond substituents is 1. The molecule has 0 aromatic heterocycles. The van der Waals surface area contributed by atoms with Gasteiger partial charge in [-0.15, -0.1) is 0 Å². The van der Waals surface area contributed by atoms with Gasteiger partial charge in [0.1, 0.15) is 11.8 Å². The molecule has 154 valence electrons. The average molecular weight is 398 g/mol. The molecule has 0 spiro atoms. The first-order valence-corrected chi connectivity index (χ1v) is 9.21. The number of nitrogens with zero attached hydrogens (tertiary/aromatic N) is 1. The Hall–Kier alpha value is -3.39. The molecule has 5 N–H and O–H groups in total. The molecule has 8 heteroatoms. The molecule has 2 rings (SSSR count). The molecule has 3 amide bonds. The maximum Gasteiger partial charge on any atom is 0.246 e. The van der Waals surface area contributed by atoms with Crippen LogP contribution in [0.5, 0.6) is 5.75 Å². The van der Waals surface area contributed by atoms with Crippen molar-refractivity contribution in [2.75, 3.05) is 18.5 Å². The van der Waals surface area contributed by atoms with Crippen molar-refractivity contribution in [3.05, 3.63) is 60.2 Å². The third-order valence-corrected chi connectivity index (χ3v) is 4.41. The lowest BCUT2D eigenvalue weighted by atomic mass is 10.1. The molecule has 0 heterocycles. The summed E-state index contributed by atoms with van der Waals surface area (Å²) < 4.78 is 0. The van der Waals surface area contributed by atoms with Gasteiger partial charge >= 0.3 is 0 Å². The third-order valence-electron chi connectivity index (χ3n) is 4.41. The Morgan fingerprint density at radius 3 is 2.28 bits per heavy atom. The number of aromatic hydroxyl groups is 1. The van der Waals surface area contributed by atoms with Gasteiger partial charge in [0.15, 0.2) is 0 Å². The predicted octanol–water partition coefficient (Wildman–Crippen LogP) is 0.546. The van der Waals surface area contributed by atoms with Gasteiger partial charge < -0.3 is 26.4 Å². The fourth-order valence-corrected chi connectivity index (χ4v) is 2.59. The zero-order chi connectivity index (χ0) is 21.4. The molecular formula is C21H26N4O4. The highest BCUT2D eigenvalue weighted by atomic mass is 16.3. The Balaban J connectivity index is 1.79. The first-order valence-electron chi connectivity index (χ1n) is 9.21. The summed E-state index contributed by atoms with van der Waals surface area (Å²) in [6.07, 6.45) is 0.265. The highest BCUT2D eigenvalue weighted by molar-refractivity contribution is 5.97. The van der Waals surface area contributed by atoms with Crippen LogP contribution in [0.2, 0.25) is 0 Å². The Bertz CT molecular complexity index is 840. The molecule has 2 aromatic rings. The van der Waals surface area contributed by atoms with Gasteiger partial charge in [0.25, 0.3) is 0 Å². The summed E-state index contributed by atoms with van der Waals surface area (Å²) >= 11 is 0. The van der Waals surface area contributed by atoms with Gasteiger partial charge in [-0.25, -0.2) is 0 Å². The highest BCUT2D eigenvalue weighted by Gasteiger charge is 2.21. The van der Waals surface area contributed by atoms with E-state index in [0.29, 0.717) is 5.69 Å². The molecule has 2 aromatic carbocycles. The quantitative estimate of drug-likeness (QED) is 0.517. The van der Waals surface area contributed by atoms with Crippen LogP contribution in [0, 0.1) is 0 Å². The smallest absolute Gasteiger partial charge is 0.246 e. The molecule has 0 unspecified atom stereocenters. The number of hydrogen-bond acceptors (Lipinski definition) is 5. The lowest BCUT2D eigenvalue weighted by molar-refractivity contribution is -0.130. The summed E-state index contributed by atoms with van der Waals surface area (Å²) in [4.78, 5) is 38.1. The van der Waals surface area contributed by atoms with Crippen molar-refractivity contribution in [1.29, 1.82) is 0 Å². The SMILES string of the molecule is C[C@@H](NC(=O)[C@@H](N)Cc1ccc(O)cc1)C(=O)NCC(=O)N(C)c1ccccc1. The third kappa shape index (κ3) is 6.62. The van der Waals surface area contributed by atoms with Crippen molar-refractivity contribution >= 4 is 23.4 Å². The summed E-state index contributed by atoms with van der Waals surface area (Å²) in [5, 5.41) is 14.4. The van der Waals surface area contributed by atoms with Crippen molar-refractivity contribution in [3.63, 3.8) is 0 Å². The number of phenols is 1. The second-order valence-electron chi connectivity index (χ2n) is 6.71. The summed E-state index contributed by atoms with van der Waals surface area (Å²) in [6, 6.07) is 13.7. The number of nitrogens with two attached hydrogens (primary N) is 1. The predicted molar refractivity (Wildman–Crippen MR) is 110 cm³/mol. The molecule has 0 aliphatic rings.